The second kappa shape index (κ2) is 8.39. The molecule has 170 valence electrons. The van der Waals surface area contributed by atoms with Gasteiger partial charge in [0, 0.05) is 22.7 Å². The van der Waals surface area contributed by atoms with Gasteiger partial charge in [-0.05, 0) is 79.2 Å². The van der Waals surface area contributed by atoms with Crippen molar-refractivity contribution in [2.24, 2.45) is 5.41 Å². The third-order valence-corrected chi connectivity index (χ3v) is 7.67. The number of aromatic nitrogens is 1. The highest BCUT2D eigenvalue weighted by molar-refractivity contribution is 5.75. The molecule has 1 heterocycles. The van der Waals surface area contributed by atoms with Gasteiger partial charge in [0.15, 0.2) is 0 Å². The summed E-state index contributed by atoms with van der Waals surface area (Å²) < 4.78 is 13.6. The first-order valence-corrected chi connectivity index (χ1v) is 12.2. The van der Waals surface area contributed by atoms with Gasteiger partial charge in [-0.2, -0.15) is 0 Å². The number of aliphatic hydroxyl groups is 2. The van der Waals surface area contributed by atoms with Crippen LogP contribution in [0.3, 0.4) is 0 Å². The molecule has 0 bridgehead atoms. The van der Waals surface area contributed by atoms with Gasteiger partial charge in [-0.25, -0.2) is 4.39 Å². The summed E-state index contributed by atoms with van der Waals surface area (Å²) in [6, 6.07) is 6.16. The minimum atomic E-state index is -0.886. The zero-order chi connectivity index (χ0) is 22.5. The Balaban J connectivity index is 1.77. The van der Waals surface area contributed by atoms with Crippen LogP contribution in [0.5, 0.6) is 0 Å². The SMILES string of the molecule is CC1(C)Cc2nc(C3CCCC3)c(C(O)c3ccc(F)cc3)c(C3=CCCC3)c2C(O)C1. The van der Waals surface area contributed by atoms with Crippen LogP contribution >= 0.6 is 0 Å². The number of allylic oxidation sites excluding steroid dienone is 2. The Hall–Kier alpha value is -2.04. The van der Waals surface area contributed by atoms with Crippen LogP contribution < -0.4 is 0 Å². The molecule has 1 fully saturated rings. The molecule has 0 amide bonds. The van der Waals surface area contributed by atoms with E-state index in [2.05, 4.69) is 19.9 Å². The van der Waals surface area contributed by atoms with Crippen molar-refractivity contribution in [1.82, 2.24) is 4.98 Å². The molecule has 3 nitrogen and oxygen atoms in total. The maximum Gasteiger partial charge on any atom is 0.123 e. The van der Waals surface area contributed by atoms with Crippen LogP contribution in [0.4, 0.5) is 4.39 Å². The number of rotatable bonds is 4. The van der Waals surface area contributed by atoms with Gasteiger partial charge in [0.2, 0.25) is 0 Å². The van der Waals surface area contributed by atoms with Crippen molar-refractivity contribution in [3.8, 4) is 0 Å². The third kappa shape index (κ3) is 3.92. The number of pyridine rings is 1. The van der Waals surface area contributed by atoms with E-state index < -0.39 is 12.2 Å². The van der Waals surface area contributed by atoms with Crippen LogP contribution in [0.25, 0.3) is 5.57 Å². The molecule has 2 N–H and O–H groups in total. The Bertz CT molecular complexity index is 1030. The summed E-state index contributed by atoms with van der Waals surface area (Å²) in [5, 5.41) is 23.0. The molecular weight excluding hydrogens is 401 g/mol. The first kappa shape index (κ1) is 21.8. The maximum absolute atomic E-state index is 13.6. The van der Waals surface area contributed by atoms with Crippen molar-refractivity contribution in [2.75, 3.05) is 0 Å². The maximum atomic E-state index is 13.6. The van der Waals surface area contributed by atoms with Crippen LogP contribution in [0.1, 0.15) is 117 Å². The Labute approximate surface area is 190 Å². The van der Waals surface area contributed by atoms with E-state index in [1.54, 1.807) is 12.1 Å². The highest BCUT2D eigenvalue weighted by atomic mass is 19.1. The van der Waals surface area contributed by atoms with Gasteiger partial charge >= 0.3 is 0 Å². The number of nitrogens with zero attached hydrogens (tertiary/aromatic N) is 1. The summed E-state index contributed by atoms with van der Waals surface area (Å²) in [4.78, 5) is 5.22. The molecule has 2 atom stereocenters. The standard InChI is InChI=1S/C28H34FNO2/c1-28(2)15-21-24(22(31)16-28)23(17-7-3-4-8-17)25(26(30-21)18-9-5-6-10-18)27(32)19-11-13-20(29)14-12-19/h7,11-14,18,22,27,31-32H,3-6,8-10,15-16H2,1-2H3. The molecule has 2 unspecified atom stereocenters. The van der Waals surface area contributed by atoms with Crippen molar-refractivity contribution in [2.45, 2.75) is 89.8 Å². The summed E-state index contributed by atoms with van der Waals surface area (Å²) >= 11 is 0. The Morgan fingerprint density at radius 1 is 1.09 bits per heavy atom. The van der Waals surface area contributed by atoms with Gasteiger partial charge in [-0.15, -0.1) is 0 Å². The van der Waals surface area contributed by atoms with Gasteiger partial charge in [0.1, 0.15) is 11.9 Å². The molecular formula is C28H34FNO2. The predicted molar refractivity (Wildman–Crippen MR) is 125 cm³/mol. The van der Waals surface area contributed by atoms with Crippen molar-refractivity contribution >= 4 is 5.57 Å². The highest BCUT2D eigenvalue weighted by Crippen LogP contribution is 2.50. The molecule has 0 saturated heterocycles. The van der Waals surface area contributed by atoms with Gasteiger partial charge < -0.3 is 10.2 Å². The van der Waals surface area contributed by atoms with Gasteiger partial charge in [0.05, 0.1) is 11.8 Å². The van der Waals surface area contributed by atoms with Gasteiger partial charge in [-0.1, -0.05) is 44.9 Å². The molecule has 5 rings (SSSR count). The Kier molecular flexibility index (Phi) is 5.71. The number of benzene rings is 1. The lowest BCUT2D eigenvalue weighted by Crippen LogP contribution is -2.29. The quantitative estimate of drug-likeness (QED) is 0.574. The second-order valence-electron chi connectivity index (χ2n) is 10.8. The van der Waals surface area contributed by atoms with E-state index in [-0.39, 0.29) is 11.2 Å². The molecule has 2 aromatic rings. The fourth-order valence-electron chi connectivity index (χ4n) is 6.17. The molecule has 32 heavy (non-hydrogen) atoms. The van der Waals surface area contributed by atoms with Crippen LogP contribution in [-0.2, 0) is 6.42 Å². The number of halogens is 1. The summed E-state index contributed by atoms with van der Waals surface area (Å²) in [6.07, 6.45) is 9.95. The lowest BCUT2D eigenvalue weighted by molar-refractivity contribution is 0.0972. The largest absolute Gasteiger partial charge is 0.388 e. The zero-order valence-corrected chi connectivity index (χ0v) is 19.2. The normalized spacial score (nSPS) is 23.8. The smallest absolute Gasteiger partial charge is 0.123 e. The van der Waals surface area contributed by atoms with Crippen molar-refractivity contribution < 1.29 is 14.6 Å². The van der Waals surface area contributed by atoms with E-state index >= 15 is 0 Å². The van der Waals surface area contributed by atoms with E-state index in [0.29, 0.717) is 17.9 Å². The topological polar surface area (TPSA) is 53.4 Å². The lowest BCUT2D eigenvalue weighted by atomic mass is 9.71. The Morgan fingerprint density at radius 3 is 2.47 bits per heavy atom. The predicted octanol–water partition coefficient (Wildman–Crippen LogP) is 6.53. The average molecular weight is 436 g/mol. The summed E-state index contributed by atoms with van der Waals surface area (Å²) in [7, 11) is 0. The van der Waals surface area contributed by atoms with Gasteiger partial charge in [0.25, 0.3) is 0 Å². The summed E-state index contributed by atoms with van der Waals surface area (Å²) in [5.74, 6) is 0.0187. The first-order chi connectivity index (χ1) is 15.3. The van der Waals surface area contributed by atoms with Gasteiger partial charge in [-0.3, -0.25) is 4.98 Å². The fourth-order valence-corrected chi connectivity index (χ4v) is 6.17. The molecule has 0 radical (unpaired) electrons. The molecule has 4 heteroatoms. The van der Waals surface area contributed by atoms with Crippen LogP contribution in [0.2, 0.25) is 0 Å². The third-order valence-electron chi connectivity index (χ3n) is 7.67. The van der Waals surface area contributed by atoms with Crippen molar-refractivity contribution in [1.29, 1.82) is 0 Å². The lowest BCUT2D eigenvalue weighted by Gasteiger charge is -2.38. The molecule has 1 saturated carbocycles. The molecule has 1 aromatic carbocycles. The number of aliphatic hydroxyl groups excluding tert-OH is 2. The molecule has 0 spiro atoms. The van der Waals surface area contributed by atoms with Crippen LogP contribution in [0, 0.1) is 11.2 Å². The second-order valence-corrected chi connectivity index (χ2v) is 10.8. The minimum Gasteiger partial charge on any atom is -0.388 e. The van der Waals surface area contributed by atoms with E-state index in [1.807, 2.05) is 0 Å². The monoisotopic (exact) mass is 435 g/mol. The number of hydrogen-bond acceptors (Lipinski definition) is 3. The van der Waals surface area contributed by atoms with E-state index in [1.165, 1.54) is 30.5 Å². The highest BCUT2D eigenvalue weighted by Gasteiger charge is 2.39. The molecule has 3 aliphatic carbocycles. The summed E-state index contributed by atoms with van der Waals surface area (Å²) in [5.41, 5.74) is 6.74. The van der Waals surface area contributed by atoms with E-state index in [0.717, 1.165) is 66.6 Å². The first-order valence-electron chi connectivity index (χ1n) is 12.2. The average Bonchev–Trinajstić information content (AvgIpc) is 3.46. The number of fused-ring (bicyclic) bond motifs is 1. The minimum absolute atomic E-state index is 0.00915. The molecule has 3 aliphatic rings. The summed E-state index contributed by atoms with van der Waals surface area (Å²) in [6.45, 7) is 4.40. The Morgan fingerprint density at radius 2 is 1.81 bits per heavy atom. The molecule has 0 aliphatic heterocycles. The van der Waals surface area contributed by atoms with Crippen molar-refractivity contribution in [3.05, 3.63) is 69.8 Å². The molecule has 1 aromatic heterocycles. The van der Waals surface area contributed by atoms with E-state index in [9.17, 15) is 14.6 Å². The fraction of sp³-hybridized carbons (Fsp3) is 0.536. The van der Waals surface area contributed by atoms with Crippen LogP contribution in [-0.4, -0.2) is 15.2 Å². The van der Waals surface area contributed by atoms with Crippen LogP contribution in [0.15, 0.2) is 30.3 Å². The number of hydrogen-bond donors (Lipinski definition) is 2. The van der Waals surface area contributed by atoms with E-state index in [4.69, 9.17) is 4.98 Å². The zero-order valence-electron chi connectivity index (χ0n) is 19.2. The van der Waals surface area contributed by atoms with Crippen molar-refractivity contribution in [3.63, 3.8) is 0 Å².